The third-order valence-electron chi connectivity index (χ3n) is 7.07. The Kier molecular flexibility index (Phi) is 10.2. The average molecular weight is 454 g/mol. The smallest absolute Gasteiger partial charge is 0.247 e. The number of likely N-dealkylation sites (N-methyl/N-ethyl adjacent to an activating group) is 1. The standard InChI is InChI=1S/C25H47N3O4/c1-15(2)14-18(21(29)27-20(23(31)26-9)25(6,7)8)19(22(30)28-32)16-10-12-17(13-11-16)24(3,4)5/h15-20,32H,10-14H2,1-9H3,(H,26,31)(H,27,29)(H,28,30)/t16?,17?,18-,19+,20-/m1/s1. The maximum atomic E-state index is 13.5. The van der Waals surface area contributed by atoms with Crippen molar-refractivity contribution in [2.75, 3.05) is 7.05 Å². The number of hydroxylamine groups is 1. The molecule has 1 aliphatic carbocycles. The Balaban J connectivity index is 3.21. The second-order valence-corrected chi connectivity index (χ2v) is 12.1. The van der Waals surface area contributed by atoms with Gasteiger partial charge < -0.3 is 10.6 Å². The van der Waals surface area contributed by atoms with Crippen LogP contribution in [0.15, 0.2) is 0 Å². The molecule has 3 amide bonds. The number of nitrogens with one attached hydrogen (secondary N) is 3. The summed E-state index contributed by atoms with van der Waals surface area (Å²) in [6, 6.07) is -0.718. The molecule has 1 fully saturated rings. The number of carbonyl (C=O) groups is 3. The summed E-state index contributed by atoms with van der Waals surface area (Å²) in [7, 11) is 1.55. The van der Waals surface area contributed by atoms with Crippen LogP contribution >= 0.6 is 0 Å². The monoisotopic (exact) mass is 453 g/mol. The first kappa shape index (κ1) is 28.4. The first-order valence-electron chi connectivity index (χ1n) is 12.1. The van der Waals surface area contributed by atoms with Crippen LogP contribution in [-0.2, 0) is 14.4 Å². The Hall–Kier alpha value is -1.63. The fourth-order valence-electron chi connectivity index (χ4n) is 5.14. The molecule has 1 saturated carbocycles. The molecule has 0 aromatic heterocycles. The van der Waals surface area contributed by atoms with Gasteiger partial charge in [-0.05, 0) is 60.7 Å². The van der Waals surface area contributed by atoms with Gasteiger partial charge >= 0.3 is 0 Å². The number of hydrogen-bond acceptors (Lipinski definition) is 4. The molecule has 4 N–H and O–H groups in total. The van der Waals surface area contributed by atoms with Gasteiger partial charge in [0.05, 0.1) is 11.8 Å². The lowest BCUT2D eigenvalue weighted by atomic mass is 9.64. The second-order valence-electron chi connectivity index (χ2n) is 12.1. The van der Waals surface area contributed by atoms with Gasteiger partial charge in [0.25, 0.3) is 0 Å². The lowest BCUT2D eigenvalue weighted by molar-refractivity contribution is -0.145. The van der Waals surface area contributed by atoms with Crippen LogP contribution in [0.4, 0.5) is 0 Å². The molecule has 3 atom stereocenters. The molecule has 0 aromatic carbocycles. The molecule has 0 radical (unpaired) electrons. The van der Waals surface area contributed by atoms with Crippen molar-refractivity contribution in [1.29, 1.82) is 0 Å². The van der Waals surface area contributed by atoms with E-state index in [1.54, 1.807) is 7.05 Å². The van der Waals surface area contributed by atoms with Crippen molar-refractivity contribution in [1.82, 2.24) is 16.1 Å². The van der Waals surface area contributed by atoms with E-state index >= 15 is 0 Å². The normalized spacial score (nSPS) is 22.6. The van der Waals surface area contributed by atoms with Gasteiger partial charge in [0, 0.05) is 7.05 Å². The molecular weight excluding hydrogens is 406 g/mol. The van der Waals surface area contributed by atoms with Crippen LogP contribution in [-0.4, -0.2) is 36.0 Å². The molecule has 0 saturated heterocycles. The third kappa shape index (κ3) is 7.75. The molecule has 0 spiro atoms. The van der Waals surface area contributed by atoms with Gasteiger partial charge in [0.2, 0.25) is 17.7 Å². The summed E-state index contributed by atoms with van der Waals surface area (Å²) in [4.78, 5) is 38.9. The minimum atomic E-state index is -0.718. The molecule has 7 nitrogen and oxygen atoms in total. The van der Waals surface area contributed by atoms with E-state index in [-0.39, 0.29) is 29.1 Å². The van der Waals surface area contributed by atoms with E-state index in [9.17, 15) is 19.6 Å². The zero-order valence-corrected chi connectivity index (χ0v) is 21.7. The summed E-state index contributed by atoms with van der Waals surface area (Å²) in [5.74, 6) is -1.54. The van der Waals surface area contributed by atoms with Crippen LogP contribution < -0.4 is 16.1 Å². The van der Waals surface area contributed by atoms with Crippen molar-refractivity contribution in [3.05, 3.63) is 0 Å². The summed E-state index contributed by atoms with van der Waals surface area (Å²) >= 11 is 0. The second kappa shape index (κ2) is 11.5. The van der Waals surface area contributed by atoms with Gasteiger partial charge in [-0.15, -0.1) is 0 Å². The average Bonchev–Trinajstić information content (AvgIpc) is 2.69. The van der Waals surface area contributed by atoms with Crippen molar-refractivity contribution >= 4 is 17.7 Å². The topological polar surface area (TPSA) is 108 Å². The zero-order chi connectivity index (χ0) is 24.9. The first-order chi connectivity index (χ1) is 14.6. The minimum Gasteiger partial charge on any atom is -0.357 e. The Morgan fingerprint density at radius 1 is 0.906 bits per heavy atom. The van der Waals surface area contributed by atoms with Gasteiger partial charge in [-0.3, -0.25) is 19.6 Å². The van der Waals surface area contributed by atoms with Gasteiger partial charge in [0.1, 0.15) is 6.04 Å². The van der Waals surface area contributed by atoms with E-state index in [1.165, 1.54) is 0 Å². The molecule has 32 heavy (non-hydrogen) atoms. The van der Waals surface area contributed by atoms with Crippen molar-refractivity contribution < 1.29 is 19.6 Å². The van der Waals surface area contributed by atoms with Crippen molar-refractivity contribution in [2.45, 2.75) is 93.5 Å². The molecule has 0 unspecified atom stereocenters. The lowest BCUT2D eigenvalue weighted by Crippen LogP contribution is -2.56. The number of rotatable bonds is 8. The largest absolute Gasteiger partial charge is 0.357 e. The maximum absolute atomic E-state index is 13.5. The number of hydrogen-bond donors (Lipinski definition) is 4. The highest BCUT2D eigenvalue weighted by molar-refractivity contribution is 5.91. The molecule has 186 valence electrons. The Morgan fingerprint density at radius 3 is 1.81 bits per heavy atom. The van der Waals surface area contributed by atoms with Crippen molar-refractivity contribution in [2.24, 2.45) is 40.4 Å². The lowest BCUT2D eigenvalue weighted by Gasteiger charge is -2.41. The zero-order valence-electron chi connectivity index (χ0n) is 21.7. The minimum absolute atomic E-state index is 0.0170. The van der Waals surface area contributed by atoms with Crippen LogP contribution in [0.25, 0.3) is 0 Å². The van der Waals surface area contributed by atoms with Crippen LogP contribution in [0.1, 0.15) is 87.5 Å². The van der Waals surface area contributed by atoms with E-state index in [0.717, 1.165) is 25.7 Å². The summed E-state index contributed by atoms with van der Waals surface area (Å²) in [6.07, 6.45) is 4.21. The van der Waals surface area contributed by atoms with E-state index in [2.05, 4.69) is 31.4 Å². The van der Waals surface area contributed by atoms with Gasteiger partial charge in [-0.2, -0.15) is 0 Å². The molecule has 0 aliphatic heterocycles. The molecule has 1 rings (SSSR count). The Labute approximate surface area is 194 Å². The molecule has 7 heteroatoms. The first-order valence-corrected chi connectivity index (χ1v) is 12.1. The molecule has 1 aliphatic rings. The predicted molar refractivity (Wildman–Crippen MR) is 127 cm³/mol. The summed E-state index contributed by atoms with van der Waals surface area (Å²) in [6.45, 7) is 16.5. The van der Waals surface area contributed by atoms with E-state index in [0.29, 0.717) is 12.3 Å². The highest BCUT2D eigenvalue weighted by atomic mass is 16.5. The number of amides is 3. The van der Waals surface area contributed by atoms with E-state index in [1.807, 2.05) is 40.1 Å². The quantitative estimate of drug-likeness (QED) is 0.330. The fourth-order valence-corrected chi connectivity index (χ4v) is 5.14. The van der Waals surface area contributed by atoms with Crippen LogP contribution in [0.3, 0.4) is 0 Å². The predicted octanol–water partition coefficient (Wildman–Crippen LogP) is 3.90. The van der Waals surface area contributed by atoms with Gasteiger partial charge in [-0.25, -0.2) is 5.48 Å². The molecule has 0 aromatic rings. The highest BCUT2D eigenvalue weighted by Crippen LogP contribution is 2.44. The van der Waals surface area contributed by atoms with Crippen LogP contribution in [0.2, 0.25) is 0 Å². The molecule has 0 heterocycles. The Bertz CT molecular complexity index is 641. The van der Waals surface area contributed by atoms with Crippen molar-refractivity contribution in [3.63, 3.8) is 0 Å². The van der Waals surface area contributed by atoms with Crippen LogP contribution in [0.5, 0.6) is 0 Å². The summed E-state index contributed by atoms with van der Waals surface area (Å²) in [5, 5.41) is 15.1. The van der Waals surface area contributed by atoms with E-state index < -0.39 is 29.2 Å². The Morgan fingerprint density at radius 2 is 1.44 bits per heavy atom. The highest BCUT2D eigenvalue weighted by Gasteiger charge is 2.44. The maximum Gasteiger partial charge on any atom is 0.247 e. The fraction of sp³-hybridized carbons (Fsp3) is 0.880. The van der Waals surface area contributed by atoms with E-state index in [4.69, 9.17) is 0 Å². The summed E-state index contributed by atoms with van der Waals surface area (Å²) in [5.41, 5.74) is 1.55. The van der Waals surface area contributed by atoms with Gasteiger partial charge in [0.15, 0.2) is 0 Å². The number of carbonyl (C=O) groups excluding carboxylic acids is 3. The van der Waals surface area contributed by atoms with Crippen LogP contribution in [0, 0.1) is 40.4 Å². The van der Waals surface area contributed by atoms with Crippen molar-refractivity contribution in [3.8, 4) is 0 Å². The summed E-state index contributed by atoms with van der Waals surface area (Å²) < 4.78 is 0. The molecule has 0 bridgehead atoms. The SMILES string of the molecule is CNC(=O)[C@@H](NC(=O)[C@H](CC(C)C)[C@@H](C(=O)NO)C1CCC(C(C)(C)C)CC1)C(C)(C)C. The molecular formula is C25H47N3O4. The third-order valence-corrected chi connectivity index (χ3v) is 7.07. The van der Waals surface area contributed by atoms with Gasteiger partial charge in [-0.1, -0.05) is 55.4 Å².